The number of rotatable bonds is 7. The molecule has 4 heteroatoms. The lowest BCUT2D eigenvalue weighted by atomic mass is 10.2. The molecule has 0 aliphatic heterocycles. The highest BCUT2D eigenvalue weighted by Gasteiger charge is 2.03. The third-order valence-corrected chi connectivity index (χ3v) is 3.48. The van der Waals surface area contributed by atoms with Crippen LogP contribution in [0.5, 0.6) is 0 Å². The van der Waals surface area contributed by atoms with Crippen molar-refractivity contribution >= 4 is 10.8 Å². The SMILES string of the molecule is CCn1ccc(CNC(C)CCS(C)=O)c1. The normalized spacial score (nSPS) is 14.9. The number of hydrogen-bond acceptors (Lipinski definition) is 2. The van der Waals surface area contributed by atoms with Gasteiger partial charge in [-0.15, -0.1) is 0 Å². The molecule has 3 nitrogen and oxygen atoms in total. The second-order valence-corrected chi connectivity index (χ2v) is 5.75. The molecule has 1 aromatic rings. The zero-order chi connectivity index (χ0) is 12.0. The molecular formula is C12H22N2OS. The number of hydrogen-bond donors (Lipinski definition) is 1. The van der Waals surface area contributed by atoms with Crippen molar-refractivity contribution in [3.63, 3.8) is 0 Å². The molecule has 2 unspecified atom stereocenters. The Bertz CT molecular complexity index is 336. The van der Waals surface area contributed by atoms with Crippen LogP contribution in [0.15, 0.2) is 18.5 Å². The molecule has 1 heterocycles. The fourth-order valence-corrected chi connectivity index (χ4v) is 2.21. The van der Waals surface area contributed by atoms with Crippen LogP contribution in [0.25, 0.3) is 0 Å². The van der Waals surface area contributed by atoms with E-state index in [2.05, 4.69) is 42.2 Å². The highest BCUT2D eigenvalue weighted by Crippen LogP contribution is 2.02. The molecule has 1 N–H and O–H groups in total. The molecule has 0 saturated heterocycles. The van der Waals surface area contributed by atoms with Crippen LogP contribution >= 0.6 is 0 Å². The van der Waals surface area contributed by atoms with Gasteiger partial charge in [-0.05, 0) is 31.9 Å². The zero-order valence-electron chi connectivity index (χ0n) is 10.4. The van der Waals surface area contributed by atoms with Crippen LogP contribution in [0, 0.1) is 0 Å². The van der Waals surface area contributed by atoms with Gasteiger partial charge in [-0.1, -0.05) is 0 Å². The summed E-state index contributed by atoms with van der Waals surface area (Å²) in [6.07, 6.45) is 6.99. The Morgan fingerprint density at radius 3 is 2.88 bits per heavy atom. The minimum atomic E-state index is -0.676. The van der Waals surface area contributed by atoms with Gasteiger partial charge in [0.2, 0.25) is 0 Å². The Labute approximate surface area is 101 Å². The summed E-state index contributed by atoms with van der Waals surface area (Å²) in [5.41, 5.74) is 1.31. The van der Waals surface area contributed by atoms with E-state index in [1.165, 1.54) is 5.56 Å². The maximum atomic E-state index is 10.9. The number of nitrogens with zero attached hydrogens (tertiary/aromatic N) is 1. The van der Waals surface area contributed by atoms with Crippen LogP contribution in [0.4, 0.5) is 0 Å². The molecule has 92 valence electrons. The van der Waals surface area contributed by atoms with Crippen LogP contribution in [0.1, 0.15) is 25.8 Å². The summed E-state index contributed by atoms with van der Waals surface area (Å²) in [5.74, 6) is 0.782. The average Bonchev–Trinajstić information content (AvgIpc) is 2.71. The first-order valence-corrected chi connectivity index (χ1v) is 7.52. The van der Waals surface area contributed by atoms with E-state index in [1.807, 2.05) is 0 Å². The molecule has 0 aliphatic carbocycles. The molecule has 1 aromatic heterocycles. The van der Waals surface area contributed by atoms with Gasteiger partial charge >= 0.3 is 0 Å². The Morgan fingerprint density at radius 2 is 2.31 bits per heavy atom. The van der Waals surface area contributed by atoms with E-state index in [9.17, 15) is 4.21 Å². The molecule has 0 saturated carbocycles. The van der Waals surface area contributed by atoms with E-state index in [-0.39, 0.29) is 0 Å². The van der Waals surface area contributed by atoms with Crippen molar-refractivity contribution in [1.82, 2.24) is 9.88 Å². The number of aromatic nitrogens is 1. The summed E-state index contributed by atoms with van der Waals surface area (Å²) in [6.45, 7) is 6.19. The second-order valence-electron chi connectivity index (χ2n) is 4.20. The number of nitrogens with one attached hydrogen (secondary N) is 1. The van der Waals surface area contributed by atoms with E-state index in [4.69, 9.17) is 0 Å². The molecule has 0 aliphatic rings. The first-order chi connectivity index (χ1) is 7.61. The lowest BCUT2D eigenvalue weighted by molar-refractivity contribution is 0.534. The van der Waals surface area contributed by atoms with Gasteiger partial charge in [0.15, 0.2) is 0 Å². The van der Waals surface area contributed by atoms with Crippen LogP contribution in [-0.4, -0.2) is 26.8 Å². The Morgan fingerprint density at radius 1 is 1.56 bits per heavy atom. The summed E-state index contributed by atoms with van der Waals surface area (Å²) in [7, 11) is -0.676. The topological polar surface area (TPSA) is 34.0 Å². The van der Waals surface area contributed by atoms with Crippen molar-refractivity contribution in [2.45, 2.75) is 39.4 Å². The van der Waals surface area contributed by atoms with Crippen molar-refractivity contribution in [2.24, 2.45) is 0 Å². The highest BCUT2D eigenvalue weighted by molar-refractivity contribution is 7.84. The van der Waals surface area contributed by atoms with Crippen LogP contribution in [0.3, 0.4) is 0 Å². The summed E-state index contributed by atoms with van der Waals surface area (Å²) in [6, 6.07) is 2.56. The smallest absolute Gasteiger partial charge is 0.0246 e. The summed E-state index contributed by atoms with van der Waals surface area (Å²) >= 11 is 0. The highest BCUT2D eigenvalue weighted by atomic mass is 32.2. The lowest BCUT2D eigenvalue weighted by Crippen LogP contribution is -2.26. The van der Waals surface area contributed by atoms with Crippen LogP contribution in [-0.2, 0) is 23.9 Å². The quantitative estimate of drug-likeness (QED) is 0.790. The average molecular weight is 242 g/mol. The standard InChI is InChI=1S/C12H22N2OS/c1-4-14-7-5-12(10-14)9-13-11(2)6-8-16(3)15/h5,7,10-11,13H,4,6,8-9H2,1-3H3. The maximum absolute atomic E-state index is 10.9. The molecule has 16 heavy (non-hydrogen) atoms. The maximum Gasteiger partial charge on any atom is 0.0246 e. The van der Waals surface area contributed by atoms with Gasteiger partial charge in [-0.2, -0.15) is 0 Å². The molecule has 0 radical (unpaired) electrons. The first kappa shape index (κ1) is 13.5. The van der Waals surface area contributed by atoms with Gasteiger partial charge in [-0.25, -0.2) is 0 Å². The molecule has 1 rings (SSSR count). The van der Waals surface area contributed by atoms with Gasteiger partial charge in [-0.3, -0.25) is 4.21 Å². The lowest BCUT2D eigenvalue weighted by Gasteiger charge is -2.12. The monoisotopic (exact) mass is 242 g/mol. The second kappa shape index (κ2) is 6.86. The fraction of sp³-hybridized carbons (Fsp3) is 0.667. The van der Waals surface area contributed by atoms with E-state index in [0.29, 0.717) is 6.04 Å². The molecule has 0 aromatic carbocycles. The van der Waals surface area contributed by atoms with Gasteiger partial charge in [0.1, 0.15) is 0 Å². The Kier molecular flexibility index (Phi) is 5.77. The molecule has 2 atom stereocenters. The van der Waals surface area contributed by atoms with Crippen LogP contribution in [0.2, 0.25) is 0 Å². The van der Waals surface area contributed by atoms with Crippen molar-refractivity contribution < 1.29 is 4.21 Å². The van der Waals surface area contributed by atoms with E-state index in [1.54, 1.807) is 6.26 Å². The fourth-order valence-electron chi connectivity index (χ4n) is 1.53. The van der Waals surface area contributed by atoms with Crippen molar-refractivity contribution in [3.8, 4) is 0 Å². The third kappa shape index (κ3) is 4.94. The summed E-state index contributed by atoms with van der Waals surface area (Å²) in [5, 5.41) is 3.44. The van der Waals surface area contributed by atoms with Crippen molar-refractivity contribution in [1.29, 1.82) is 0 Å². The Balaban J connectivity index is 2.25. The van der Waals surface area contributed by atoms with Gasteiger partial charge in [0, 0.05) is 54.3 Å². The molecule has 0 spiro atoms. The van der Waals surface area contributed by atoms with Gasteiger partial charge in [0.25, 0.3) is 0 Å². The summed E-state index contributed by atoms with van der Waals surface area (Å²) in [4.78, 5) is 0. The third-order valence-electron chi connectivity index (χ3n) is 2.67. The van der Waals surface area contributed by atoms with E-state index in [0.717, 1.165) is 25.3 Å². The van der Waals surface area contributed by atoms with E-state index < -0.39 is 10.8 Å². The minimum absolute atomic E-state index is 0.425. The van der Waals surface area contributed by atoms with E-state index >= 15 is 0 Å². The first-order valence-electron chi connectivity index (χ1n) is 5.80. The molecular weight excluding hydrogens is 220 g/mol. The van der Waals surface area contributed by atoms with Crippen LogP contribution < -0.4 is 5.32 Å². The predicted molar refractivity (Wildman–Crippen MR) is 70.0 cm³/mol. The number of aryl methyl sites for hydroxylation is 1. The summed E-state index contributed by atoms with van der Waals surface area (Å²) < 4.78 is 13.1. The molecule has 0 fully saturated rings. The molecule has 0 bridgehead atoms. The minimum Gasteiger partial charge on any atom is -0.354 e. The van der Waals surface area contributed by atoms with Crippen molar-refractivity contribution in [3.05, 3.63) is 24.0 Å². The van der Waals surface area contributed by atoms with Gasteiger partial charge < -0.3 is 9.88 Å². The Hall–Kier alpha value is -0.610. The zero-order valence-corrected chi connectivity index (χ0v) is 11.2. The largest absolute Gasteiger partial charge is 0.354 e. The van der Waals surface area contributed by atoms with Crippen molar-refractivity contribution in [2.75, 3.05) is 12.0 Å². The predicted octanol–water partition coefficient (Wildman–Crippen LogP) is 1.75. The molecule has 0 amide bonds. The van der Waals surface area contributed by atoms with Gasteiger partial charge in [0.05, 0.1) is 0 Å².